The van der Waals surface area contributed by atoms with Crippen LogP contribution >= 0.6 is 0 Å². The monoisotopic (exact) mass is 401 g/mol. The summed E-state index contributed by atoms with van der Waals surface area (Å²) in [5, 5.41) is 9.95. The lowest BCUT2D eigenvalue weighted by molar-refractivity contribution is -0.0961. The van der Waals surface area contributed by atoms with Gasteiger partial charge in [0, 0.05) is 13.1 Å². The third-order valence-corrected chi connectivity index (χ3v) is 5.38. The maximum absolute atomic E-state index is 9.95. The summed E-state index contributed by atoms with van der Waals surface area (Å²) in [6.45, 7) is 3.11. The summed E-state index contributed by atoms with van der Waals surface area (Å²) in [5.74, 6) is 2.90. The summed E-state index contributed by atoms with van der Waals surface area (Å²) in [6, 6.07) is 11.8. The molecule has 0 unspecified atom stereocenters. The van der Waals surface area contributed by atoms with Gasteiger partial charge < -0.3 is 28.8 Å². The molecule has 1 saturated heterocycles. The molecule has 2 heterocycles. The van der Waals surface area contributed by atoms with Gasteiger partial charge in [0.1, 0.15) is 19.3 Å². The van der Waals surface area contributed by atoms with Crippen LogP contribution in [-0.4, -0.2) is 63.3 Å². The Hall–Kier alpha value is -2.48. The van der Waals surface area contributed by atoms with Crippen LogP contribution in [-0.2, 0) is 11.3 Å². The highest BCUT2D eigenvalue weighted by atomic mass is 16.6. The van der Waals surface area contributed by atoms with Crippen molar-refractivity contribution in [2.75, 3.05) is 47.2 Å². The minimum atomic E-state index is -0.320. The molecule has 0 saturated carbocycles. The van der Waals surface area contributed by atoms with Gasteiger partial charge in [-0.25, -0.2) is 0 Å². The van der Waals surface area contributed by atoms with E-state index in [2.05, 4.69) is 11.0 Å². The Morgan fingerprint density at radius 2 is 1.76 bits per heavy atom. The molecule has 1 fully saturated rings. The molecule has 7 nitrogen and oxygen atoms in total. The predicted molar refractivity (Wildman–Crippen MR) is 107 cm³/mol. The number of morpholine rings is 1. The number of hydrogen-bond donors (Lipinski definition) is 1. The Morgan fingerprint density at radius 1 is 0.966 bits per heavy atom. The van der Waals surface area contributed by atoms with Gasteiger partial charge in [-0.15, -0.1) is 0 Å². The van der Waals surface area contributed by atoms with Crippen molar-refractivity contribution in [2.24, 2.45) is 0 Å². The van der Waals surface area contributed by atoms with Crippen molar-refractivity contribution in [3.05, 3.63) is 47.5 Å². The molecule has 0 amide bonds. The molecule has 4 rings (SSSR count). The van der Waals surface area contributed by atoms with Crippen LogP contribution in [0.5, 0.6) is 23.0 Å². The van der Waals surface area contributed by atoms with Crippen LogP contribution in [0.1, 0.15) is 17.2 Å². The summed E-state index contributed by atoms with van der Waals surface area (Å²) in [6.07, 6.45) is -0.320. The lowest BCUT2D eigenvalue weighted by Crippen LogP contribution is -2.46. The molecule has 2 aromatic rings. The topological polar surface area (TPSA) is 69.6 Å². The van der Waals surface area contributed by atoms with Crippen molar-refractivity contribution >= 4 is 0 Å². The number of ether oxygens (including phenoxy) is 5. The first-order valence-electron chi connectivity index (χ1n) is 9.80. The molecule has 29 heavy (non-hydrogen) atoms. The van der Waals surface area contributed by atoms with E-state index >= 15 is 0 Å². The Morgan fingerprint density at radius 3 is 2.52 bits per heavy atom. The number of methoxy groups -OCH3 is 2. The third-order valence-electron chi connectivity index (χ3n) is 5.38. The summed E-state index contributed by atoms with van der Waals surface area (Å²) < 4.78 is 28.1. The standard InChI is InChI=1S/C22H27NO6/c1-25-17-6-4-16(12-19(17)26-2)22-21(14-24)27-8-7-23(22)13-15-3-5-18-20(11-15)29-10-9-28-18/h3-6,11-12,21-22,24H,7-10,13-14H2,1-2H3/t21-,22-/m1/s1. The fourth-order valence-electron chi connectivity index (χ4n) is 4.00. The molecular formula is C22H27NO6. The minimum absolute atomic E-state index is 0.0589. The highest BCUT2D eigenvalue weighted by Gasteiger charge is 2.34. The molecule has 7 heteroatoms. The highest BCUT2D eigenvalue weighted by Crippen LogP contribution is 2.37. The Labute approximate surface area is 170 Å². The van der Waals surface area contributed by atoms with Crippen LogP contribution in [0.15, 0.2) is 36.4 Å². The van der Waals surface area contributed by atoms with E-state index in [0.29, 0.717) is 37.9 Å². The summed E-state index contributed by atoms with van der Waals surface area (Å²) in [7, 11) is 3.24. The molecule has 2 aliphatic rings. The van der Waals surface area contributed by atoms with E-state index in [1.54, 1.807) is 14.2 Å². The van der Waals surface area contributed by atoms with Crippen LogP contribution in [0.25, 0.3) is 0 Å². The first kappa shape index (κ1) is 19.8. The SMILES string of the molecule is COc1ccc([C@@H]2[C@@H](CO)OCCN2Cc2ccc3c(c2)OCCO3)cc1OC. The van der Waals surface area contributed by atoms with E-state index in [-0.39, 0.29) is 18.8 Å². The number of aliphatic hydroxyl groups excluding tert-OH is 1. The number of nitrogens with zero attached hydrogens (tertiary/aromatic N) is 1. The lowest BCUT2D eigenvalue weighted by atomic mass is 9.97. The van der Waals surface area contributed by atoms with E-state index in [0.717, 1.165) is 29.2 Å². The first-order valence-corrected chi connectivity index (χ1v) is 9.80. The lowest BCUT2D eigenvalue weighted by Gasteiger charge is -2.41. The van der Waals surface area contributed by atoms with Gasteiger partial charge in [-0.1, -0.05) is 12.1 Å². The molecule has 156 valence electrons. The summed E-state index contributed by atoms with van der Waals surface area (Å²) in [5.41, 5.74) is 2.14. The fraction of sp³-hybridized carbons (Fsp3) is 0.455. The number of hydrogen-bond acceptors (Lipinski definition) is 7. The van der Waals surface area contributed by atoms with Crippen molar-refractivity contribution in [2.45, 2.75) is 18.7 Å². The number of fused-ring (bicyclic) bond motifs is 1. The molecule has 0 bridgehead atoms. The summed E-state index contributed by atoms with van der Waals surface area (Å²) >= 11 is 0. The molecule has 2 aromatic carbocycles. The van der Waals surface area contributed by atoms with Crippen molar-refractivity contribution in [3.8, 4) is 23.0 Å². The van der Waals surface area contributed by atoms with E-state index in [4.69, 9.17) is 23.7 Å². The van der Waals surface area contributed by atoms with Gasteiger partial charge in [0.05, 0.1) is 33.5 Å². The quantitative estimate of drug-likeness (QED) is 0.797. The maximum atomic E-state index is 9.95. The van der Waals surface area contributed by atoms with Gasteiger partial charge >= 0.3 is 0 Å². The van der Waals surface area contributed by atoms with Gasteiger partial charge in [0.15, 0.2) is 23.0 Å². The number of benzene rings is 2. The van der Waals surface area contributed by atoms with E-state index in [1.165, 1.54) is 0 Å². The molecular weight excluding hydrogens is 374 g/mol. The molecule has 0 radical (unpaired) electrons. The largest absolute Gasteiger partial charge is 0.493 e. The van der Waals surface area contributed by atoms with E-state index in [9.17, 15) is 5.11 Å². The molecule has 0 aromatic heterocycles. The second-order valence-corrected chi connectivity index (χ2v) is 7.10. The molecule has 0 spiro atoms. The first-order chi connectivity index (χ1) is 14.2. The van der Waals surface area contributed by atoms with Crippen molar-refractivity contribution in [3.63, 3.8) is 0 Å². The molecule has 1 N–H and O–H groups in total. The van der Waals surface area contributed by atoms with Gasteiger partial charge in [-0.2, -0.15) is 0 Å². The second-order valence-electron chi connectivity index (χ2n) is 7.10. The molecule has 2 atom stereocenters. The predicted octanol–water partition coefficient (Wildman–Crippen LogP) is 2.41. The van der Waals surface area contributed by atoms with Crippen LogP contribution in [0.2, 0.25) is 0 Å². The Kier molecular flexibility index (Phi) is 6.08. The van der Waals surface area contributed by atoms with Gasteiger partial charge in [0.2, 0.25) is 0 Å². The van der Waals surface area contributed by atoms with Gasteiger partial charge in [-0.05, 0) is 35.4 Å². The average Bonchev–Trinajstić information content (AvgIpc) is 2.78. The van der Waals surface area contributed by atoms with Gasteiger partial charge in [0.25, 0.3) is 0 Å². The van der Waals surface area contributed by atoms with Crippen LogP contribution < -0.4 is 18.9 Å². The Balaban J connectivity index is 1.62. The normalized spacial score (nSPS) is 21.6. The smallest absolute Gasteiger partial charge is 0.161 e. The Bertz CT molecular complexity index is 842. The average molecular weight is 401 g/mol. The van der Waals surface area contributed by atoms with Crippen LogP contribution in [0.4, 0.5) is 0 Å². The number of rotatable bonds is 6. The minimum Gasteiger partial charge on any atom is -0.493 e. The van der Waals surface area contributed by atoms with E-state index in [1.807, 2.05) is 30.3 Å². The number of aliphatic hydroxyl groups is 1. The fourth-order valence-corrected chi connectivity index (χ4v) is 4.00. The zero-order chi connectivity index (χ0) is 20.2. The van der Waals surface area contributed by atoms with Crippen LogP contribution in [0.3, 0.4) is 0 Å². The third kappa shape index (κ3) is 4.12. The maximum Gasteiger partial charge on any atom is 0.161 e. The zero-order valence-electron chi connectivity index (χ0n) is 16.8. The van der Waals surface area contributed by atoms with Gasteiger partial charge in [-0.3, -0.25) is 4.90 Å². The van der Waals surface area contributed by atoms with E-state index < -0.39 is 0 Å². The van der Waals surface area contributed by atoms with Crippen LogP contribution in [0, 0.1) is 0 Å². The zero-order valence-corrected chi connectivity index (χ0v) is 16.8. The highest BCUT2D eigenvalue weighted by molar-refractivity contribution is 5.45. The molecule has 2 aliphatic heterocycles. The molecule has 0 aliphatic carbocycles. The van der Waals surface area contributed by atoms with Crippen molar-refractivity contribution in [1.82, 2.24) is 4.90 Å². The summed E-state index contributed by atoms with van der Waals surface area (Å²) in [4.78, 5) is 2.32. The van der Waals surface area contributed by atoms with Crippen molar-refractivity contribution < 1.29 is 28.8 Å². The van der Waals surface area contributed by atoms with Crippen molar-refractivity contribution in [1.29, 1.82) is 0 Å². The second kappa shape index (κ2) is 8.90.